The van der Waals surface area contributed by atoms with Crippen LogP contribution in [0.5, 0.6) is 0 Å². The topological polar surface area (TPSA) is 52.3 Å². The summed E-state index contributed by atoms with van der Waals surface area (Å²) in [6.45, 7) is 8.84. The van der Waals surface area contributed by atoms with Gasteiger partial charge in [-0.1, -0.05) is 40.5 Å². The summed E-state index contributed by atoms with van der Waals surface area (Å²) < 4.78 is 5.59. The van der Waals surface area contributed by atoms with Crippen LogP contribution < -0.4 is 5.73 Å². The summed E-state index contributed by atoms with van der Waals surface area (Å²) >= 11 is 0. The fourth-order valence-electron chi connectivity index (χ4n) is 3.14. The number of ether oxygens (including phenoxy) is 1. The highest BCUT2D eigenvalue weighted by Crippen LogP contribution is 2.39. The molecule has 18 heavy (non-hydrogen) atoms. The first kappa shape index (κ1) is 15.5. The Balaban J connectivity index is 2.43. The lowest BCUT2D eigenvalue weighted by Crippen LogP contribution is -2.39. The average Bonchev–Trinajstić information content (AvgIpc) is 2.22. The number of rotatable bonds is 5. The molecule has 0 bridgehead atoms. The zero-order valence-corrected chi connectivity index (χ0v) is 12.4. The highest BCUT2D eigenvalue weighted by molar-refractivity contribution is 5.75. The van der Waals surface area contributed by atoms with E-state index in [2.05, 4.69) is 27.7 Å². The van der Waals surface area contributed by atoms with Crippen molar-refractivity contribution in [2.45, 2.75) is 78.4 Å². The minimum absolute atomic E-state index is 0.0592. The van der Waals surface area contributed by atoms with Crippen molar-refractivity contribution < 1.29 is 9.53 Å². The van der Waals surface area contributed by atoms with Crippen molar-refractivity contribution in [2.24, 2.45) is 17.1 Å². The number of hydrogen-bond acceptors (Lipinski definition) is 3. The van der Waals surface area contributed by atoms with Gasteiger partial charge in [0.1, 0.15) is 12.1 Å². The van der Waals surface area contributed by atoms with E-state index in [0.29, 0.717) is 5.92 Å². The predicted octanol–water partition coefficient (Wildman–Crippen LogP) is 3.26. The Morgan fingerprint density at radius 2 is 2.11 bits per heavy atom. The lowest BCUT2D eigenvalue weighted by atomic mass is 9.71. The molecule has 3 unspecified atom stereocenters. The van der Waals surface area contributed by atoms with Crippen molar-refractivity contribution in [3.63, 3.8) is 0 Å². The van der Waals surface area contributed by atoms with E-state index in [9.17, 15) is 4.79 Å². The van der Waals surface area contributed by atoms with Crippen molar-refractivity contribution in [3.05, 3.63) is 0 Å². The van der Waals surface area contributed by atoms with Crippen molar-refractivity contribution in [2.75, 3.05) is 0 Å². The van der Waals surface area contributed by atoms with E-state index in [0.717, 1.165) is 32.1 Å². The van der Waals surface area contributed by atoms with Gasteiger partial charge < -0.3 is 10.5 Å². The molecule has 0 aromatic rings. The van der Waals surface area contributed by atoms with E-state index in [1.165, 1.54) is 6.42 Å². The maximum atomic E-state index is 11.9. The Morgan fingerprint density at radius 3 is 2.67 bits per heavy atom. The summed E-state index contributed by atoms with van der Waals surface area (Å²) in [5, 5.41) is 0. The molecule has 0 aromatic heterocycles. The summed E-state index contributed by atoms with van der Waals surface area (Å²) in [5.41, 5.74) is 6.12. The van der Waals surface area contributed by atoms with Crippen LogP contribution in [0, 0.1) is 11.3 Å². The molecule has 0 aliphatic heterocycles. The Bertz CT molecular complexity index is 276. The first-order chi connectivity index (χ1) is 8.34. The second-order valence-corrected chi connectivity index (χ2v) is 6.72. The fraction of sp³-hybridized carbons (Fsp3) is 0.933. The molecule has 3 atom stereocenters. The number of unbranched alkanes of at least 4 members (excludes halogenated alkanes) is 1. The molecule has 1 fully saturated rings. The van der Waals surface area contributed by atoms with Gasteiger partial charge in [-0.3, -0.25) is 4.79 Å². The number of nitrogens with two attached hydrogens (primary N) is 1. The summed E-state index contributed by atoms with van der Waals surface area (Å²) in [7, 11) is 0. The van der Waals surface area contributed by atoms with Crippen LogP contribution >= 0.6 is 0 Å². The van der Waals surface area contributed by atoms with E-state index < -0.39 is 6.04 Å². The van der Waals surface area contributed by atoms with Gasteiger partial charge in [0, 0.05) is 0 Å². The minimum Gasteiger partial charge on any atom is -0.461 e. The first-order valence-corrected chi connectivity index (χ1v) is 7.30. The van der Waals surface area contributed by atoms with Gasteiger partial charge in [-0.05, 0) is 37.0 Å². The molecule has 1 rings (SSSR count). The summed E-state index contributed by atoms with van der Waals surface area (Å²) in [6.07, 6.45) is 6.00. The third kappa shape index (κ3) is 4.97. The van der Waals surface area contributed by atoms with Gasteiger partial charge in [-0.25, -0.2) is 0 Å². The molecule has 0 heterocycles. The molecular formula is C15H29NO2. The van der Waals surface area contributed by atoms with Gasteiger partial charge in [-0.2, -0.15) is 0 Å². The van der Waals surface area contributed by atoms with Crippen LogP contribution in [0.25, 0.3) is 0 Å². The molecule has 106 valence electrons. The van der Waals surface area contributed by atoms with Gasteiger partial charge in [0.05, 0.1) is 0 Å². The van der Waals surface area contributed by atoms with Gasteiger partial charge >= 0.3 is 5.97 Å². The number of esters is 1. The van der Waals surface area contributed by atoms with Crippen molar-refractivity contribution >= 4 is 5.97 Å². The average molecular weight is 255 g/mol. The fourth-order valence-corrected chi connectivity index (χ4v) is 3.14. The summed E-state index contributed by atoms with van der Waals surface area (Å²) in [4.78, 5) is 11.9. The lowest BCUT2D eigenvalue weighted by molar-refractivity contribution is -0.155. The maximum absolute atomic E-state index is 11.9. The number of carbonyl (C=O) groups excluding carboxylic acids is 1. The molecule has 0 saturated heterocycles. The van der Waals surface area contributed by atoms with Crippen molar-refractivity contribution in [1.82, 2.24) is 0 Å². The van der Waals surface area contributed by atoms with Crippen LogP contribution in [0.1, 0.15) is 66.2 Å². The van der Waals surface area contributed by atoms with Crippen LogP contribution in [-0.4, -0.2) is 18.1 Å². The van der Waals surface area contributed by atoms with Crippen LogP contribution in [0.3, 0.4) is 0 Å². The normalized spacial score (nSPS) is 28.7. The molecule has 3 nitrogen and oxygen atoms in total. The molecule has 2 N–H and O–H groups in total. The standard InChI is InChI=1S/C15H29NO2/c1-5-6-7-13(16)14(17)18-12-8-11(2)9-15(3,4)10-12/h11-13H,5-10,16H2,1-4H3. The Labute approximate surface area is 111 Å². The smallest absolute Gasteiger partial charge is 0.323 e. The first-order valence-electron chi connectivity index (χ1n) is 7.30. The number of hydrogen-bond donors (Lipinski definition) is 1. The second-order valence-electron chi connectivity index (χ2n) is 6.72. The number of carbonyl (C=O) groups is 1. The van der Waals surface area contributed by atoms with E-state index in [1.807, 2.05) is 0 Å². The third-order valence-corrected chi connectivity index (χ3v) is 3.80. The Morgan fingerprint density at radius 1 is 1.44 bits per heavy atom. The van der Waals surface area contributed by atoms with E-state index in [1.54, 1.807) is 0 Å². The predicted molar refractivity (Wildman–Crippen MR) is 74.2 cm³/mol. The SMILES string of the molecule is CCCCC(N)C(=O)OC1CC(C)CC(C)(C)C1. The summed E-state index contributed by atoms with van der Waals surface area (Å²) in [5.74, 6) is 0.414. The summed E-state index contributed by atoms with van der Waals surface area (Å²) in [6, 6.07) is -0.440. The monoisotopic (exact) mass is 255 g/mol. The van der Waals surface area contributed by atoms with Crippen LogP contribution in [0.15, 0.2) is 0 Å². The highest BCUT2D eigenvalue weighted by Gasteiger charge is 2.34. The van der Waals surface area contributed by atoms with Crippen LogP contribution in [0.4, 0.5) is 0 Å². The van der Waals surface area contributed by atoms with E-state index >= 15 is 0 Å². The van der Waals surface area contributed by atoms with E-state index in [4.69, 9.17) is 10.5 Å². The highest BCUT2D eigenvalue weighted by atomic mass is 16.5. The third-order valence-electron chi connectivity index (χ3n) is 3.80. The quantitative estimate of drug-likeness (QED) is 0.767. The zero-order valence-electron chi connectivity index (χ0n) is 12.4. The van der Waals surface area contributed by atoms with Gasteiger partial charge in [0.15, 0.2) is 0 Å². The zero-order chi connectivity index (χ0) is 13.8. The molecular weight excluding hydrogens is 226 g/mol. The molecule has 0 aromatic carbocycles. The largest absolute Gasteiger partial charge is 0.461 e. The van der Waals surface area contributed by atoms with Crippen LogP contribution in [-0.2, 0) is 9.53 Å². The molecule has 1 aliphatic rings. The van der Waals surface area contributed by atoms with Crippen molar-refractivity contribution in [3.8, 4) is 0 Å². The molecule has 3 heteroatoms. The van der Waals surface area contributed by atoms with Crippen molar-refractivity contribution in [1.29, 1.82) is 0 Å². The second kappa shape index (κ2) is 6.55. The van der Waals surface area contributed by atoms with Gasteiger partial charge in [-0.15, -0.1) is 0 Å². The molecule has 1 saturated carbocycles. The maximum Gasteiger partial charge on any atom is 0.323 e. The Hall–Kier alpha value is -0.570. The molecule has 0 amide bonds. The Kier molecular flexibility index (Phi) is 5.64. The minimum atomic E-state index is -0.440. The van der Waals surface area contributed by atoms with Gasteiger partial charge in [0.2, 0.25) is 0 Å². The molecule has 0 spiro atoms. The van der Waals surface area contributed by atoms with E-state index in [-0.39, 0.29) is 17.5 Å². The molecule has 0 radical (unpaired) electrons. The van der Waals surface area contributed by atoms with Gasteiger partial charge in [0.25, 0.3) is 0 Å². The lowest BCUT2D eigenvalue weighted by Gasteiger charge is -2.38. The molecule has 1 aliphatic carbocycles. The van der Waals surface area contributed by atoms with Crippen LogP contribution in [0.2, 0.25) is 0 Å².